The van der Waals surface area contributed by atoms with Crippen molar-refractivity contribution in [2.24, 2.45) is 10.9 Å². The minimum Gasteiger partial charge on any atom is -0.381 e. The Morgan fingerprint density at radius 2 is 1.86 bits per heavy atom. The Labute approximate surface area is 152 Å². The molecule has 0 aliphatic rings. The van der Waals surface area contributed by atoms with Crippen molar-refractivity contribution >= 4 is 35.8 Å². The lowest BCUT2D eigenvalue weighted by atomic mass is 10.2. The quantitative estimate of drug-likeness (QED) is 0.241. The standard InChI is InChI=1S/C15H32N4O2.HI/c1-6-8-16-15(18-11-14(20)19(4)5)17-9-7-10-21-12-13(2)3;/h13H,6-12H2,1-5H3,(H2,16,17,18);1H. The molecule has 0 aromatic carbocycles. The molecule has 0 atom stereocenters. The SMILES string of the molecule is CCCNC(=NCC(=O)N(C)C)NCCCOCC(C)C.I. The van der Waals surface area contributed by atoms with Gasteiger partial charge >= 0.3 is 0 Å². The summed E-state index contributed by atoms with van der Waals surface area (Å²) in [7, 11) is 3.47. The second kappa shape index (κ2) is 15.3. The van der Waals surface area contributed by atoms with Gasteiger partial charge in [-0.2, -0.15) is 0 Å². The van der Waals surface area contributed by atoms with Crippen LogP contribution in [0.25, 0.3) is 0 Å². The average molecular weight is 428 g/mol. The van der Waals surface area contributed by atoms with E-state index in [4.69, 9.17) is 4.74 Å². The summed E-state index contributed by atoms with van der Waals surface area (Å²) in [4.78, 5) is 17.4. The first-order chi connectivity index (χ1) is 9.97. The largest absolute Gasteiger partial charge is 0.381 e. The Hall–Kier alpha value is -0.570. The Balaban J connectivity index is 0. The van der Waals surface area contributed by atoms with Crippen molar-refractivity contribution in [1.29, 1.82) is 0 Å². The van der Waals surface area contributed by atoms with E-state index in [1.165, 1.54) is 0 Å². The molecule has 0 saturated carbocycles. The molecule has 6 nitrogen and oxygen atoms in total. The fraction of sp³-hybridized carbons (Fsp3) is 0.867. The first-order valence-electron chi connectivity index (χ1n) is 7.77. The minimum atomic E-state index is -0.00661. The van der Waals surface area contributed by atoms with Gasteiger partial charge in [-0.1, -0.05) is 20.8 Å². The summed E-state index contributed by atoms with van der Waals surface area (Å²) in [5.41, 5.74) is 0. The van der Waals surface area contributed by atoms with Crippen LogP contribution >= 0.6 is 24.0 Å². The normalized spacial score (nSPS) is 11.1. The zero-order valence-electron chi connectivity index (χ0n) is 14.6. The number of nitrogens with one attached hydrogen (secondary N) is 2. The van der Waals surface area contributed by atoms with E-state index >= 15 is 0 Å². The molecule has 0 aromatic rings. The number of carbonyl (C=O) groups excluding carboxylic acids is 1. The van der Waals surface area contributed by atoms with Gasteiger partial charge in [-0.25, -0.2) is 4.99 Å². The molecule has 0 bridgehead atoms. The van der Waals surface area contributed by atoms with Crippen LogP contribution in [-0.2, 0) is 9.53 Å². The van der Waals surface area contributed by atoms with Gasteiger partial charge < -0.3 is 20.3 Å². The van der Waals surface area contributed by atoms with Crippen LogP contribution in [0.15, 0.2) is 4.99 Å². The van der Waals surface area contributed by atoms with Crippen LogP contribution in [0.5, 0.6) is 0 Å². The second-order valence-corrected chi connectivity index (χ2v) is 5.63. The summed E-state index contributed by atoms with van der Waals surface area (Å²) in [6, 6.07) is 0. The van der Waals surface area contributed by atoms with Gasteiger partial charge in [0.15, 0.2) is 5.96 Å². The number of halogens is 1. The van der Waals surface area contributed by atoms with Gasteiger partial charge in [0, 0.05) is 40.4 Å². The topological polar surface area (TPSA) is 66.0 Å². The molecule has 132 valence electrons. The highest BCUT2D eigenvalue weighted by atomic mass is 127. The van der Waals surface area contributed by atoms with E-state index in [1.807, 2.05) is 0 Å². The molecule has 22 heavy (non-hydrogen) atoms. The molecule has 0 unspecified atom stereocenters. The van der Waals surface area contributed by atoms with E-state index in [0.717, 1.165) is 39.1 Å². The van der Waals surface area contributed by atoms with E-state index in [2.05, 4.69) is 36.4 Å². The number of carbonyl (C=O) groups is 1. The number of aliphatic imine (C=N–C) groups is 1. The predicted octanol–water partition coefficient (Wildman–Crippen LogP) is 1.70. The molecule has 7 heteroatoms. The third kappa shape index (κ3) is 14.4. The van der Waals surface area contributed by atoms with Crippen molar-refractivity contribution in [3.63, 3.8) is 0 Å². The lowest BCUT2D eigenvalue weighted by molar-refractivity contribution is -0.127. The second-order valence-electron chi connectivity index (χ2n) is 5.63. The number of likely N-dealkylation sites (N-methyl/N-ethyl adjacent to an activating group) is 1. The van der Waals surface area contributed by atoms with Gasteiger partial charge in [0.25, 0.3) is 0 Å². The number of nitrogens with zero attached hydrogens (tertiary/aromatic N) is 2. The smallest absolute Gasteiger partial charge is 0.243 e. The molecule has 2 N–H and O–H groups in total. The molecular weight excluding hydrogens is 395 g/mol. The maximum absolute atomic E-state index is 11.5. The van der Waals surface area contributed by atoms with E-state index < -0.39 is 0 Å². The Bertz CT molecular complexity index is 310. The van der Waals surface area contributed by atoms with Gasteiger partial charge in [0.05, 0.1) is 0 Å². The summed E-state index contributed by atoms with van der Waals surface area (Å²) in [6.45, 7) is 9.69. The van der Waals surface area contributed by atoms with Crippen LogP contribution in [0, 0.1) is 5.92 Å². The number of hydrogen-bond donors (Lipinski definition) is 2. The molecule has 0 heterocycles. The number of rotatable bonds is 10. The molecule has 0 fully saturated rings. The van der Waals surface area contributed by atoms with Gasteiger partial charge in [-0.15, -0.1) is 24.0 Å². The zero-order chi connectivity index (χ0) is 16.1. The van der Waals surface area contributed by atoms with Gasteiger partial charge in [0.2, 0.25) is 5.91 Å². The van der Waals surface area contributed by atoms with Crippen LogP contribution < -0.4 is 10.6 Å². The first-order valence-corrected chi connectivity index (χ1v) is 7.77. The third-order valence-electron chi connectivity index (χ3n) is 2.62. The van der Waals surface area contributed by atoms with E-state index in [-0.39, 0.29) is 36.4 Å². The Morgan fingerprint density at radius 3 is 2.41 bits per heavy atom. The number of amides is 1. The fourth-order valence-corrected chi connectivity index (χ4v) is 1.41. The molecule has 0 spiro atoms. The third-order valence-corrected chi connectivity index (χ3v) is 2.62. The lowest BCUT2D eigenvalue weighted by Crippen LogP contribution is -2.39. The molecule has 0 radical (unpaired) electrons. The average Bonchev–Trinajstić information content (AvgIpc) is 2.43. The van der Waals surface area contributed by atoms with Gasteiger partial charge in [-0.05, 0) is 18.8 Å². The highest BCUT2D eigenvalue weighted by Crippen LogP contribution is 1.92. The highest BCUT2D eigenvalue weighted by molar-refractivity contribution is 14.0. The predicted molar refractivity (Wildman–Crippen MR) is 103 cm³/mol. The maximum atomic E-state index is 11.5. The molecule has 0 aromatic heterocycles. The van der Waals surface area contributed by atoms with Crippen molar-refractivity contribution in [2.45, 2.75) is 33.6 Å². The molecule has 1 amide bonds. The summed E-state index contributed by atoms with van der Waals surface area (Å²) in [5, 5.41) is 6.43. The van der Waals surface area contributed by atoms with E-state index in [1.54, 1.807) is 19.0 Å². The highest BCUT2D eigenvalue weighted by Gasteiger charge is 2.04. The van der Waals surface area contributed by atoms with Crippen molar-refractivity contribution < 1.29 is 9.53 Å². The number of guanidine groups is 1. The molecule has 0 rings (SSSR count). The van der Waals surface area contributed by atoms with Crippen molar-refractivity contribution in [1.82, 2.24) is 15.5 Å². The van der Waals surface area contributed by atoms with E-state index in [0.29, 0.717) is 11.9 Å². The van der Waals surface area contributed by atoms with Gasteiger partial charge in [0.1, 0.15) is 6.54 Å². The Morgan fingerprint density at radius 1 is 1.23 bits per heavy atom. The lowest BCUT2D eigenvalue weighted by Gasteiger charge is -2.13. The first kappa shape index (κ1) is 23.7. The minimum absolute atomic E-state index is 0. The molecular formula is C15H33IN4O2. The van der Waals surface area contributed by atoms with E-state index in [9.17, 15) is 4.79 Å². The fourth-order valence-electron chi connectivity index (χ4n) is 1.41. The zero-order valence-corrected chi connectivity index (χ0v) is 17.0. The van der Waals surface area contributed by atoms with Crippen molar-refractivity contribution in [3.8, 4) is 0 Å². The van der Waals surface area contributed by atoms with Gasteiger partial charge in [-0.3, -0.25) is 4.79 Å². The number of hydrogen-bond acceptors (Lipinski definition) is 3. The monoisotopic (exact) mass is 428 g/mol. The Kier molecular flexibility index (Phi) is 16.5. The molecule has 0 aliphatic heterocycles. The summed E-state index contributed by atoms with van der Waals surface area (Å²) < 4.78 is 5.53. The maximum Gasteiger partial charge on any atom is 0.243 e. The number of ether oxygens (including phenoxy) is 1. The molecule has 0 aliphatic carbocycles. The van der Waals surface area contributed by atoms with Crippen LogP contribution in [0.3, 0.4) is 0 Å². The van der Waals surface area contributed by atoms with Crippen LogP contribution in [-0.4, -0.2) is 63.7 Å². The van der Waals surface area contributed by atoms with Crippen molar-refractivity contribution in [3.05, 3.63) is 0 Å². The van der Waals surface area contributed by atoms with Crippen LogP contribution in [0.4, 0.5) is 0 Å². The van der Waals surface area contributed by atoms with Crippen LogP contribution in [0.1, 0.15) is 33.6 Å². The van der Waals surface area contributed by atoms with Crippen molar-refractivity contribution in [2.75, 3.05) is 46.9 Å². The summed E-state index contributed by atoms with van der Waals surface area (Å²) in [6.07, 6.45) is 1.93. The molecule has 0 saturated heterocycles. The summed E-state index contributed by atoms with van der Waals surface area (Å²) >= 11 is 0. The summed E-state index contributed by atoms with van der Waals surface area (Å²) in [5.74, 6) is 1.25. The van der Waals surface area contributed by atoms with Crippen LogP contribution in [0.2, 0.25) is 0 Å².